The van der Waals surface area contributed by atoms with E-state index in [9.17, 15) is 4.79 Å². The number of amides is 1. The fraction of sp³-hybridized carbons (Fsp3) is 0.235. The second kappa shape index (κ2) is 6.12. The number of anilines is 1. The van der Waals surface area contributed by atoms with Gasteiger partial charge in [0.15, 0.2) is 0 Å². The van der Waals surface area contributed by atoms with Gasteiger partial charge in [-0.2, -0.15) is 0 Å². The SMILES string of the molecule is CSc1ccc(Cl)c(C(=O)N2CCCc3ccccc32)c1. The summed E-state index contributed by atoms with van der Waals surface area (Å²) in [5.74, 6) is -0.0111. The summed E-state index contributed by atoms with van der Waals surface area (Å²) in [4.78, 5) is 15.8. The molecule has 0 saturated carbocycles. The molecule has 1 heterocycles. The van der Waals surface area contributed by atoms with Crippen molar-refractivity contribution in [2.45, 2.75) is 17.7 Å². The number of hydrogen-bond acceptors (Lipinski definition) is 2. The van der Waals surface area contributed by atoms with Crippen LogP contribution in [0.4, 0.5) is 5.69 Å². The Morgan fingerprint density at radius 1 is 1.24 bits per heavy atom. The van der Waals surface area contributed by atoms with Crippen molar-refractivity contribution in [3.8, 4) is 0 Å². The van der Waals surface area contributed by atoms with Crippen LogP contribution in [-0.4, -0.2) is 18.7 Å². The molecule has 1 aliphatic heterocycles. The summed E-state index contributed by atoms with van der Waals surface area (Å²) in [5.41, 5.74) is 2.83. The predicted octanol–water partition coefficient (Wildman–Crippen LogP) is 4.65. The summed E-state index contributed by atoms with van der Waals surface area (Å²) in [6.07, 6.45) is 4.01. The minimum atomic E-state index is -0.0111. The summed E-state index contributed by atoms with van der Waals surface area (Å²) in [5, 5.41) is 0.515. The Kier molecular flexibility index (Phi) is 4.22. The maximum Gasteiger partial charge on any atom is 0.259 e. The molecule has 0 saturated heterocycles. The lowest BCUT2D eigenvalue weighted by Gasteiger charge is -2.29. The average Bonchev–Trinajstić information content (AvgIpc) is 2.54. The Hall–Kier alpha value is -1.45. The van der Waals surface area contributed by atoms with Gasteiger partial charge >= 0.3 is 0 Å². The van der Waals surface area contributed by atoms with Crippen LogP contribution in [0.2, 0.25) is 5.02 Å². The van der Waals surface area contributed by atoms with Crippen LogP contribution >= 0.6 is 23.4 Å². The smallest absolute Gasteiger partial charge is 0.259 e. The van der Waals surface area contributed by atoms with Gasteiger partial charge in [0.1, 0.15) is 0 Å². The van der Waals surface area contributed by atoms with E-state index in [1.807, 2.05) is 41.5 Å². The fourth-order valence-corrected chi connectivity index (χ4v) is 3.32. The van der Waals surface area contributed by atoms with Crippen molar-refractivity contribution < 1.29 is 4.79 Å². The molecule has 3 rings (SSSR count). The zero-order valence-electron chi connectivity index (χ0n) is 11.8. The summed E-state index contributed by atoms with van der Waals surface area (Å²) >= 11 is 7.85. The van der Waals surface area contributed by atoms with E-state index in [2.05, 4.69) is 6.07 Å². The van der Waals surface area contributed by atoms with Crippen LogP contribution in [0.1, 0.15) is 22.3 Å². The highest BCUT2D eigenvalue weighted by Gasteiger charge is 2.24. The highest BCUT2D eigenvalue weighted by atomic mass is 35.5. The largest absolute Gasteiger partial charge is 0.308 e. The van der Waals surface area contributed by atoms with Gasteiger partial charge in [0.05, 0.1) is 10.6 Å². The lowest BCUT2D eigenvalue weighted by atomic mass is 10.0. The quantitative estimate of drug-likeness (QED) is 0.751. The first-order chi connectivity index (χ1) is 10.2. The molecule has 1 amide bonds. The van der Waals surface area contributed by atoms with Gasteiger partial charge in [0.2, 0.25) is 0 Å². The Morgan fingerprint density at radius 3 is 2.86 bits per heavy atom. The number of rotatable bonds is 2. The highest BCUT2D eigenvalue weighted by Crippen LogP contribution is 2.30. The van der Waals surface area contributed by atoms with Gasteiger partial charge in [-0.15, -0.1) is 11.8 Å². The summed E-state index contributed by atoms with van der Waals surface area (Å²) < 4.78 is 0. The Morgan fingerprint density at radius 2 is 2.05 bits per heavy atom. The number of carbonyl (C=O) groups is 1. The summed E-state index contributed by atoms with van der Waals surface area (Å²) in [6, 6.07) is 13.7. The van der Waals surface area contributed by atoms with E-state index in [4.69, 9.17) is 11.6 Å². The first kappa shape index (κ1) is 14.5. The second-order valence-electron chi connectivity index (χ2n) is 5.03. The third-order valence-corrected chi connectivity index (χ3v) is 4.81. The molecule has 21 heavy (non-hydrogen) atoms. The number of halogens is 1. The zero-order chi connectivity index (χ0) is 14.8. The molecule has 4 heteroatoms. The molecule has 0 bridgehead atoms. The van der Waals surface area contributed by atoms with E-state index < -0.39 is 0 Å². The van der Waals surface area contributed by atoms with E-state index in [1.54, 1.807) is 17.8 Å². The molecule has 0 atom stereocenters. The molecule has 2 aromatic rings. The topological polar surface area (TPSA) is 20.3 Å². The number of para-hydroxylation sites is 1. The van der Waals surface area contributed by atoms with E-state index in [0.29, 0.717) is 10.6 Å². The van der Waals surface area contributed by atoms with Gasteiger partial charge in [-0.05, 0) is 48.9 Å². The maximum absolute atomic E-state index is 12.9. The van der Waals surface area contributed by atoms with Crippen LogP contribution in [0.15, 0.2) is 47.4 Å². The Labute approximate surface area is 134 Å². The highest BCUT2D eigenvalue weighted by molar-refractivity contribution is 7.98. The third kappa shape index (κ3) is 2.81. The number of benzene rings is 2. The van der Waals surface area contributed by atoms with Crippen molar-refractivity contribution in [3.05, 3.63) is 58.6 Å². The van der Waals surface area contributed by atoms with Gasteiger partial charge in [-0.3, -0.25) is 4.79 Å². The van der Waals surface area contributed by atoms with Crippen LogP contribution in [0.3, 0.4) is 0 Å². The normalized spacial score (nSPS) is 13.9. The van der Waals surface area contributed by atoms with Crippen LogP contribution in [0.25, 0.3) is 0 Å². The lowest BCUT2D eigenvalue weighted by Crippen LogP contribution is -2.35. The van der Waals surface area contributed by atoms with Gasteiger partial charge in [-0.25, -0.2) is 0 Å². The third-order valence-electron chi connectivity index (χ3n) is 3.76. The van der Waals surface area contributed by atoms with Crippen LogP contribution in [0, 0.1) is 0 Å². The summed E-state index contributed by atoms with van der Waals surface area (Å²) in [7, 11) is 0. The van der Waals surface area contributed by atoms with Crippen LogP contribution < -0.4 is 4.90 Å². The molecule has 0 fully saturated rings. The molecule has 0 N–H and O–H groups in total. The van der Waals surface area contributed by atoms with Crippen molar-refractivity contribution in [1.82, 2.24) is 0 Å². The van der Waals surface area contributed by atoms with E-state index in [1.165, 1.54) is 5.56 Å². The average molecular weight is 318 g/mol. The summed E-state index contributed by atoms with van der Waals surface area (Å²) in [6.45, 7) is 0.746. The van der Waals surface area contributed by atoms with E-state index in [0.717, 1.165) is 30.0 Å². The van der Waals surface area contributed by atoms with Crippen molar-refractivity contribution in [2.75, 3.05) is 17.7 Å². The van der Waals surface area contributed by atoms with E-state index >= 15 is 0 Å². The van der Waals surface area contributed by atoms with Crippen LogP contribution in [-0.2, 0) is 6.42 Å². The first-order valence-corrected chi connectivity index (χ1v) is 8.54. The second-order valence-corrected chi connectivity index (χ2v) is 6.32. The monoisotopic (exact) mass is 317 g/mol. The van der Waals surface area contributed by atoms with Gasteiger partial charge in [-0.1, -0.05) is 29.8 Å². The standard InChI is InChI=1S/C17H16ClNOS/c1-21-13-8-9-15(18)14(11-13)17(20)19-10-4-6-12-5-2-3-7-16(12)19/h2-3,5,7-9,11H,4,6,10H2,1H3. The zero-order valence-corrected chi connectivity index (χ0v) is 13.4. The molecule has 2 nitrogen and oxygen atoms in total. The van der Waals surface area contributed by atoms with Crippen molar-refractivity contribution in [1.29, 1.82) is 0 Å². The van der Waals surface area contributed by atoms with Crippen molar-refractivity contribution in [3.63, 3.8) is 0 Å². The Balaban J connectivity index is 2.00. The lowest BCUT2D eigenvalue weighted by molar-refractivity contribution is 0.0985. The first-order valence-electron chi connectivity index (χ1n) is 6.94. The number of fused-ring (bicyclic) bond motifs is 1. The molecule has 1 aliphatic rings. The van der Waals surface area contributed by atoms with Gasteiger partial charge in [0, 0.05) is 17.1 Å². The number of aryl methyl sites for hydroxylation is 1. The van der Waals surface area contributed by atoms with Gasteiger partial charge in [0.25, 0.3) is 5.91 Å². The molecule has 2 aromatic carbocycles. The minimum Gasteiger partial charge on any atom is -0.308 e. The molecule has 0 aromatic heterocycles. The minimum absolute atomic E-state index is 0.0111. The number of nitrogens with zero attached hydrogens (tertiary/aromatic N) is 1. The molecule has 0 unspecified atom stereocenters. The molecule has 0 spiro atoms. The number of carbonyl (C=O) groups excluding carboxylic acids is 1. The maximum atomic E-state index is 12.9. The van der Waals surface area contributed by atoms with Crippen LogP contribution in [0.5, 0.6) is 0 Å². The predicted molar refractivity (Wildman–Crippen MR) is 89.7 cm³/mol. The molecule has 0 radical (unpaired) electrons. The fourth-order valence-electron chi connectivity index (χ4n) is 2.69. The van der Waals surface area contributed by atoms with Crippen molar-refractivity contribution in [2.24, 2.45) is 0 Å². The van der Waals surface area contributed by atoms with Gasteiger partial charge < -0.3 is 4.90 Å². The van der Waals surface area contributed by atoms with Crippen molar-refractivity contribution >= 4 is 35.0 Å². The molecular weight excluding hydrogens is 302 g/mol. The molecule has 0 aliphatic carbocycles. The molecular formula is C17H16ClNOS. The number of hydrogen-bond donors (Lipinski definition) is 0. The number of thioether (sulfide) groups is 1. The molecule has 108 valence electrons. The van der Waals surface area contributed by atoms with E-state index in [-0.39, 0.29) is 5.91 Å². The Bertz CT molecular complexity index is 686.